The Balaban J connectivity index is 1.71. The fourth-order valence-corrected chi connectivity index (χ4v) is 4.31. The molecule has 0 aromatic heterocycles. The van der Waals surface area contributed by atoms with Crippen LogP contribution in [-0.2, 0) is 0 Å². The predicted molar refractivity (Wildman–Crippen MR) is 82.8 cm³/mol. The van der Waals surface area contributed by atoms with Crippen LogP contribution in [0.2, 0.25) is 0 Å². The van der Waals surface area contributed by atoms with Gasteiger partial charge in [0.05, 0.1) is 0 Å². The summed E-state index contributed by atoms with van der Waals surface area (Å²) in [5, 5.41) is 9.46. The number of benzene rings is 1. The SMILES string of the molecule is CCC(c1ccc(O)cc1)N1CCC2CCCCC2C1. The van der Waals surface area contributed by atoms with Crippen molar-refractivity contribution in [1.82, 2.24) is 4.90 Å². The third-order valence-corrected chi connectivity index (χ3v) is 5.43. The number of phenolic OH excluding ortho intramolecular Hbond substituents is 1. The van der Waals surface area contributed by atoms with Gasteiger partial charge in [-0.2, -0.15) is 0 Å². The Morgan fingerprint density at radius 2 is 1.80 bits per heavy atom. The van der Waals surface area contributed by atoms with E-state index < -0.39 is 0 Å². The first-order chi connectivity index (χ1) is 9.78. The fourth-order valence-electron chi connectivity index (χ4n) is 4.31. The smallest absolute Gasteiger partial charge is 0.115 e. The van der Waals surface area contributed by atoms with E-state index in [4.69, 9.17) is 0 Å². The normalized spacial score (nSPS) is 28.9. The summed E-state index contributed by atoms with van der Waals surface area (Å²) in [5.41, 5.74) is 1.36. The molecule has 110 valence electrons. The van der Waals surface area contributed by atoms with Crippen LogP contribution < -0.4 is 0 Å². The van der Waals surface area contributed by atoms with E-state index in [9.17, 15) is 5.11 Å². The predicted octanol–water partition coefficient (Wildman–Crippen LogP) is 4.36. The van der Waals surface area contributed by atoms with E-state index in [1.54, 1.807) is 0 Å². The van der Waals surface area contributed by atoms with E-state index in [-0.39, 0.29) is 0 Å². The molecule has 1 aromatic carbocycles. The van der Waals surface area contributed by atoms with E-state index in [1.807, 2.05) is 12.1 Å². The molecule has 1 heterocycles. The maximum atomic E-state index is 9.46. The van der Waals surface area contributed by atoms with Gasteiger partial charge in [0, 0.05) is 12.6 Å². The molecular formula is C18H27NO. The molecule has 0 amide bonds. The van der Waals surface area contributed by atoms with Crippen molar-refractivity contribution in [3.63, 3.8) is 0 Å². The Hall–Kier alpha value is -1.02. The van der Waals surface area contributed by atoms with E-state index in [2.05, 4.69) is 24.0 Å². The van der Waals surface area contributed by atoms with E-state index in [0.29, 0.717) is 11.8 Å². The number of rotatable bonds is 3. The molecule has 3 rings (SSSR count). The summed E-state index contributed by atoms with van der Waals surface area (Å²) in [5.74, 6) is 2.30. The van der Waals surface area contributed by atoms with Crippen LogP contribution in [0.4, 0.5) is 0 Å². The van der Waals surface area contributed by atoms with Crippen LogP contribution in [0.15, 0.2) is 24.3 Å². The molecule has 1 aromatic rings. The van der Waals surface area contributed by atoms with Gasteiger partial charge in [0.1, 0.15) is 5.75 Å². The number of hydrogen-bond donors (Lipinski definition) is 1. The molecule has 1 saturated carbocycles. The van der Waals surface area contributed by atoms with Gasteiger partial charge >= 0.3 is 0 Å². The van der Waals surface area contributed by atoms with Crippen LogP contribution in [0.1, 0.15) is 57.1 Å². The molecular weight excluding hydrogens is 246 g/mol. The minimum absolute atomic E-state index is 0.370. The summed E-state index contributed by atoms with van der Waals surface area (Å²) in [7, 11) is 0. The maximum Gasteiger partial charge on any atom is 0.115 e. The zero-order valence-corrected chi connectivity index (χ0v) is 12.6. The minimum atomic E-state index is 0.370. The van der Waals surface area contributed by atoms with Crippen molar-refractivity contribution in [3.05, 3.63) is 29.8 Å². The first-order valence-corrected chi connectivity index (χ1v) is 8.31. The largest absolute Gasteiger partial charge is 0.508 e. The Labute approximate surface area is 122 Å². The zero-order valence-electron chi connectivity index (χ0n) is 12.6. The van der Waals surface area contributed by atoms with E-state index >= 15 is 0 Å². The number of aromatic hydroxyl groups is 1. The third kappa shape index (κ3) is 2.85. The highest BCUT2D eigenvalue weighted by molar-refractivity contribution is 5.28. The second kappa shape index (κ2) is 6.17. The standard InChI is InChI=1S/C18H27NO/c1-2-18(15-7-9-17(20)10-8-15)19-12-11-14-5-3-4-6-16(14)13-19/h7-10,14,16,18,20H,2-6,11-13H2,1H3. The van der Waals surface area contributed by atoms with Gasteiger partial charge in [-0.05, 0) is 55.3 Å². The van der Waals surface area contributed by atoms with Crippen LogP contribution in [0.25, 0.3) is 0 Å². The molecule has 0 spiro atoms. The van der Waals surface area contributed by atoms with Gasteiger partial charge in [-0.3, -0.25) is 4.90 Å². The number of likely N-dealkylation sites (tertiary alicyclic amines) is 1. The van der Waals surface area contributed by atoms with Crippen molar-refractivity contribution < 1.29 is 5.11 Å². The quantitative estimate of drug-likeness (QED) is 0.884. The van der Waals surface area contributed by atoms with Crippen molar-refractivity contribution in [2.24, 2.45) is 11.8 Å². The summed E-state index contributed by atoms with van der Waals surface area (Å²) in [6.07, 6.45) is 8.34. The van der Waals surface area contributed by atoms with E-state index in [0.717, 1.165) is 18.3 Å². The van der Waals surface area contributed by atoms with Gasteiger partial charge in [-0.25, -0.2) is 0 Å². The third-order valence-electron chi connectivity index (χ3n) is 5.43. The van der Waals surface area contributed by atoms with Crippen molar-refractivity contribution >= 4 is 0 Å². The molecule has 1 aliphatic carbocycles. The minimum Gasteiger partial charge on any atom is -0.508 e. The molecule has 2 nitrogen and oxygen atoms in total. The lowest BCUT2D eigenvalue weighted by Crippen LogP contribution is -2.43. The summed E-state index contributed by atoms with van der Waals surface area (Å²) in [4.78, 5) is 2.69. The summed E-state index contributed by atoms with van der Waals surface area (Å²) < 4.78 is 0. The number of piperidine rings is 1. The van der Waals surface area contributed by atoms with Crippen molar-refractivity contribution in [3.8, 4) is 5.75 Å². The molecule has 20 heavy (non-hydrogen) atoms. The lowest BCUT2D eigenvalue weighted by atomic mass is 9.74. The Morgan fingerprint density at radius 3 is 2.50 bits per heavy atom. The van der Waals surface area contributed by atoms with Gasteiger partial charge < -0.3 is 5.11 Å². The lowest BCUT2D eigenvalue weighted by molar-refractivity contribution is 0.0548. The van der Waals surface area contributed by atoms with Crippen LogP contribution in [-0.4, -0.2) is 23.1 Å². The van der Waals surface area contributed by atoms with Crippen molar-refractivity contribution in [1.29, 1.82) is 0 Å². The van der Waals surface area contributed by atoms with E-state index in [1.165, 1.54) is 50.8 Å². The molecule has 1 saturated heterocycles. The number of hydrogen-bond acceptors (Lipinski definition) is 2. The lowest BCUT2D eigenvalue weighted by Gasteiger charge is -2.44. The molecule has 2 heteroatoms. The molecule has 0 bridgehead atoms. The van der Waals surface area contributed by atoms with Crippen LogP contribution in [0.5, 0.6) is 5.75 Å². The second-order valence-electron chi connectivity index (χ2n) is 6.60. The van der Waals surface area contributed by atoms with Crippen LogP contribution in [0, 0.1) is 11.8 Å². The first kappa shape index (κ1) is 13.9. The Bertz CT molecular complexity index is 428. The number of phenols is 1. The topological polar surface area (TPSA) is 23.5 Å². The van der Waals surface area contributed by atoms with Gasteiger partial charge in [0.15, 0.2) is 0 Å². The monoisotopic (exact) mass is 273 g/mol. The number of nitrogens with zero attached hydrogens (tertiary/aromatic N) is 1. The molecule has 2 aliphatic rings. The summed E-state index contributed by atoms with van der Waals surface area (Å²) in [6.45, 7) is 4.81. The highest BCUT2D eigenvalue weighted by Crippen LogP contribution is 2.39. The Morgan fingerprint density at radius 1 is 1.10 bits per heavy atom. The molecule has 0 radical (unpaired) electrons. The Kier molecular flexibility index (Phi) is 4.30. The van der Waals surface area contributed by atoms with Crippen LogP contribution in [0.3, 0.4) is 0 Å². The summed E-state index contributed by atoms with van der Waals surface area (Å²) >= 11 is 0. The highest BCUT2D eigenvalue weighted by atomic mass is 16.3. The molecule has 3 atom stereocenters. The second-order valence-corrected chi connectivity index (χ2v) is 6.60. The van der Waals surface area contributed by atoms with Crippen LogP contribution >= 0.6 is 0 Å². The van der Waals surface area contributed by atoms with Gasteiger partial charge in [0.25, 0.3) is 0 Å². The number of fused-ring (bicyclic) bond motifs is 1. The van der Waals surface area contributed by atoms with Crippen molar-refractivity contribution in [2.45, 2.75) is 51.5 Å². The van der Waals surface area contributed by atoms with Gasteiger partial charge in [0.2, 0.25) is 0 Å². The highest BCUT2D eigenvalue weighted by Gasteiger charge is 2.33. The molecule has 1 aliphatic heterocycles. The molecule has 1 N–H and O–H groups in total. The van der Waals surface area contributed by atoms with Gasteiger partial charge in [-0.1, -0.05) is 38.3 Å². The maximum absolute atomic E-state index is 9.46. The summed E-state index contributed by atoms with van der Waals surface area (Å²) in [6, 6.07) is 8.36. The van der Waals surface area contributed by atoms with Crippen molar-refractivity contribution in [2.75, 3.05) is 13.1 Å². The molecule has 2 fully saturated rings. The average molecular weight is 273 g/mol. The van der Waals surface area contributed by atoms with Gasteiger partial charge in [-0.15, -0.1) is 0 Å². The zero-order chi connectivity index (χ0) is 13.9. The average Bonchev–Trinajstić information content (AvgIpc) is 2.50. The molecule has 3 unspecified atom stereocenters. The fraction of sp³-hybridized carbons (Fsp3) is 0.667. The first-order valence-electron chi connectivity index (χ1n) is 8.31.